The molecule has 0 heterocycles. The summed E-state index contributed by atoms with van der Waals surface area (Å²) in [6.07, 6.45) is 0. The maximum atomic E-state index is 10.8. The average molecular weight is 166 g/mol. The van der Waals surface area contributed by atoms with Gasteiger partial charge in [0.15, 0.2) is 0 Å². The summed E-state index contributed by atoms with van der Waals surface area (Å²) in [4.78, 5) is 0. The van der Waals surface area contributed by atoms with Gasteiger partial charge in [-0.05, 0) is 0 Å². The molecule has 0 aromatic rings. The fourth-order valence-corrected chi connectivity index (χ4v) is 0.482. The van der Waals surface area contributed by atoms with Crippen LogP contribution in [0.25, 0.3) is 0 Å². The summed E-state index contributed by atoms with van der Waals surface area (Å²) in [7, 11) is -2.95. The Balaban J connectivity index is 3.75. The van der Waals surface area contributed by atoms with Gasteiger partial charge >= 0.3 is 21.1 Å². The molecule has 0 bridgehead atoms. The van der Waals surface area contributed by atoms with E-state index in [2.05, 4.69) is 0 Å². The lowest BCUT2D eigenvalue weighted by Crippen LogP contribution is -2.32. The van der Waals surface area contributed by atoms with Crippen LogP contribution in [-0.4, -0.2) is 21.1 Å². The van der Waals surface area contributed by atoms with Gasteiger partial charge in [0.25, 0.3) is 0 Å². The monoisotopic (exact) mass is 166 g/mol. The first-order valence-corrected chi connectivity index (χ1v) is 2.63. The van der Waals surface area contributed by atoms with Gasteiger partial charge in [0.1, 0.15) is 0 Å². The molecule has 0 N–H and O–H groups in total. The van der Waals surface area contributed by atoms with E-state index in [-0.39, 0.29) is 0 Å². The van der Waals surface area contributed by atoms with Crippen LogP contribution in [0.3, 0.4) is 0 Å². The van der Waals surface area contributed by atoms with Crippen molar-refractivity contribution >= 4 is 9.52 Å². The Morgan fingerprint density at radius 1 is 0.667 bits per heavy atom. The topological polar surface area (TPSA) is 0 Å². The van der Waals surface area contributed by atoms with Crippen LogP contribution in [0, 0.1) is 0 Å². The minimum absolute atomic E-state index is 2.95. The molecule has 0 aliphatic rings. The molecular formula is C2F6Si. The minimum Gasteiger partial charge on any atom is -0.177 e. The predicted octanol–water partition coefficient (Wildman–Crippen LogP) is 1.73. The number of hydrogen-bond acceptors (Lipinski definition) is 0. The lowest BCUT2D eigenvalue weighted by molar-refractivity contribution is -0.0955. The molecule has 0 aliphatic heterocycles. The van der Waals surface area contributed by atoms with Crippen LogP contribution in [-0.2, 0) is 0 Å². The van der Waals surface area contributed by atoms with Crippen molar-refractivity contribution in [2.24, 2.45) is 0 Å². The second kappa shape index (κ2) is 2.20. The van der Waals surface area contributed by atoms with Crippen molar-refractivity contribution in [2.45, 2.75) is 11.6 Å². The Kier molecular flexibility index (Phi) is 2.15. The van der Waals surface area contributed by atoms with Crippen molar-refractivity contribution in [2.75, 3.05) is 0 Å². The van der Waals surface area contributed by atoms with Crippen LogP contribution < -0.4 is 0 Å². The van der Waals surface area contributed by atoms with E-state index in [0.717, 1.165) is 0 Å². The van der Waals surface area contributed by atoms with Crippen molar-refractivity contribution in [1.82, 2.24) is 0 Å². The Hall–Kier alpha value is -0.203. The summed E-state index contributed by atoms with van der Waals surface area (Å²) in [6.45, 7) is 0. The number of halogens is 6. The van der Waals surface area contributed by atoms with E-state index in [0.29, 0.717) is 0 Å². The highest BCUT2D eigenvalue weighted by Gasteiger charge is 2.45. The predicted molar refractivity (Wildman–Crippen MR) is 17.9 cm³/mol. The van der Waals surface area contributed by atoms with Crippen molar-refractivity contribution in [1.29, 1.82) is 0 Å². The molecule has 7 heteroatoms. The van der Waals surface area contributed by atoms with Gasteiger partial charge in [0, 0.05) is 0 Å². The summed E-state index contributed by atoms with van der Waals surface area (Å²) >= 11 is 0. The Labute approximate surface area is 48.7 Å². The molecule has 0 nitrogen and oxygen atoms in total. The first-order chi connectivity index (χ1) is 3.71. The van der Waals surface area contributed by atoms with Crippen LogP contribution in [0.2, 0.25) is 0 Å². The third-order valence-corrected chi connectivity index (χ3v) is 0.850. The van der Waals surface area contributed by atoms with Crippen molar-refractivity contribution in [3.63, 3.8) is 0 Å². The summed E-state index contributed by atoms with van der Waals surface area (Å²) in [5.41, 5.74) is 0. The van der Waals surface area contributed by atoms with Crippen molar-refractivity contribution in [3.05, 3.63) is 0 Å². The van der Waals surface area contributed by atoms with Crippen molar-refractivity contribution < 1.29 is 26.3 Å². The van der Waals surface area contributed by atoms with Gasteiger partial charge in [0.05, 0.1) is 0 Å². The Bertz CT molecular complexity index is 76.2. The van der Waals surface area contributed by atoms with E-state index >= 15 is 0 Å². The maximum Gasteiger partial charge on any atom is 0.368 e. The molecule has 0 rings (SSSR count). The molecule has 0 aliphatic carbocycles. The molecule has 0 aromatic carbocycles. The molecule has 0 amide bonds. The first kappa shape index (κ1) is 8.80. The zero-order valence-corrected chi connectivity index (χ0v) is 4.77. The lowest BCUT2D eigenvalue weighted by Gasteiger charge is -2.06. The van der Waals surface area contributed by atoms with Gasteiger partial charge in [0.2, 0.25) is 0 Å². The third kappa shape index (κ3) is 7.80. The highest BCUT2D eigenvalue weighted by molar-refractivity contribution is 6.40. The summed E-state index contributed by atoms with van der Waals surface area (Å²) in [5, 5.41) is 0. The second-order valence-electron chi connectivity index (χ2n) is 1.12. The van der Waals surface area contributed by atoms with E-state index in [1.165, 1.54) is 0 Å². The maximum absolute atomic E-state index is 10.8. The fourth-order valence-electron chi connectivity index (χ4n) is 0.161. The van der Waals surface area contributed by atoms with Gasteiger partial charge in [-0.1, -0.05) is 0 Å². The lowest BCUT2D eigenvalue weighted by atomic mass is 11.5. The Morgan fingerprint density at radius 3 is 0.889 bits per heavy atom. The summed E-state index contributed by atoms with van der Waals surface area (Å²) in [5.74, 6) is -10.2. The third-order valence-electron chi connectivity index (χ3n) is 0.283. The SMILES string of the molecule is FC(F)(F)[Si]C(F)(F)F. The quantitative estimate of drug-likeness (QED) is 0.379. The largest absolute Gasteiger partial charge is 0.368 e. The van der Waals surface area contributed by atoms with E-state index in [1.54, 1.807) is 0 Å². The first-order valence-electron chi connectivity index (χ1n) is 1.63. The Morgan fingerprint density at radius 2 is 0.889 bits per heavy atom. The molecule has 54 valence electrons. The standard InChI is InChI=1S/C2F6Si/c3-1(4,5)9-2(6,7)8. The van der Waals surface area contributed by atoms with E-state index in [9.17, 15) is 26.3 Å². The van der Waals surface area contributed by atoms with Crippen molar-refractivity contribution in [3.8, 4) is 0 Å². The van der Waals surface area contributed by atoms with Gasteiger partial charge < -0.3 is 0 Å². The molecular weight excluding hydrogens is 166 g/mol. The molecule has 0 aromatic heterocycles. The van der Waals surface area contributed by atoms with Crippen LogP contribution >= 0.6 is 0 Å². The van der Waals surface area contributed by atoms with Crippen LogP contribution in [0.1, 0.15) is 0 Å². The number of hydrogen-bond donors (Lipinski definition) is 0. The van der Waals surface area contributed by atoms with E-state index in [1.807, 2.05) is 0 Å². The van der Waals surface area contributed by atoms with Crippen LogP contribution in [0.4, 0.5) is 26.3 Å². The van der Waals surface area contributed by atoms with Crippen LogP contribution in [0.15, 0.2) is 0 Å². The van der Waals surface area contributed by atoms with E-state index in [4.69, 9.17) is 0 Å². The molecule has 0 unspecified atom stereocenters. The fraction of sp³-hybridized carbons (Fsp3) is 1.00. The van der Waals surface area contributed by atoms with Gasteiger partial charge in [-0.25, -0.2) is 0 Å². The molecule has 9 heavy (non-hydrogen) atoms. The smallest absolute Gasteiger partial charge is 0.177 e. The minimum atomic E-state index is -5.11. The number of rotatable bonds is 0. The highest BCUT2D eigenvalue weighted by Crippen LogP contribution is 2.23. The van der Waals surface area contributed by atoms with Crippen LogP contribution in [0.5, 0.6) is 0 Å². The molecule has 0 atom stereocenters. The molecule has 0 saturated heterocycles. The average Bonchev–Trinajstić information content (AvgIpc) is 1.14. The second-order valence-corrected chi connectivity index (χ2v) is 2.50. The number of alkyl halides is 6. The highest BCUT2D eigenvalue weighted by atomic mass is 28.2. The zero-order chi connectivity index (χ0) is 7.71. The molecule has 0 saturated carbocycles. The summed E-state index contributed by atoms with van der Waals surface area (Å²) < 4.78 is 65.1. The summed E-state index contributed by atoms with van der Waals surface area (Å²) in [6, 6.07) is 0. The van der Waals surface area contributed by atoms with Gasteiger partial charge in [-0.15, -0.1) is 0 Å². The van der Waals surface area contributed by atoms with Gasteiger partial charge in [-0.3, -0.25) is 0 Å². The van der Waals surface area contributed by atoms with Gasteiger partial charge in [-0.2, -0.15) is 26.3 Å². The molecule has 0 spiro atoms. The zero-order valence-electron chi connectivity index (χ0n) is 3.77. The molecule has 2 radical (unpaired) electrons. The van der Waals surface area contributed by atoms with E-state index < -0.39 is 21.1 Å². The molecule has 0 fully saturated rings. The normalized spacial score (nSPS) is 14.0.